The molecule has 0 aliphatic carbocycles. The molecule has 0 fully saturated rings. The zero-order chi connectivity index (χ0) is 27.6. The van der Waals surface area contributed by atoms with E-state index in [1.54, 1.807) is 4.90 Å². The molecule has 0 saturated heterocycles. The third-order valence-electron chi connectivity index (χ3n) is 6.84. The second-order valence-corrected chi connectivity index (χ2v) is 10.8. The number of carboxylic acid groups (broad SMARTS) is 1. The fourth-order valence-electron chi connectivity index (χ4n) is 4.45. The lowest BCUT2D eigenvalue weighted by molar-refractivity contribution is -0.858. The number of carboxylic acids is 1. The van der Waals surface area contributed by atoms with E-state index < -0.39 is 10.9 Å². The van der Waals surface area contributed by atoms with Crippen molar-refractivity contribution < 1.29 is 19.7 Å². The zero-order valence-electron chi connectivity index (χ0n) is 24.2. The Hall–Kier alpha value is -1.95. The summed E-state index contributed by atoms with van der Waals surface area (Å²) in [5, 5.41) is 20.3. The minimum Gasteiger partial charge on any atom is -0.545 e. The Morgan fingerprint density at radius 1 is 0.649 bits per heavy atom. The Labute approximate surface area is 227 Å². The molecule has 214 valence electrons. The van der Waals surface area contributed by atoms with Gasteiger partial charge in [0.1, 0.15) is 0 Å². The largest absolute Gasteiger partial charge is 0.545 e. The second-order valence-electron chi connectivity index (χ2n) is 10.8. The summed E-state index contributed by atoms with van der Waals surface area (Å²) in [6.45, 7) is 3.65. The molecule has 6 nitrogen and oxygen atoms in total. The minimum absolute atomic E-state index is 0.0689. The highest BCUT2D eigenvalue weighted by Crippen LogP contribution is 2.15. The van der Waals surface area contributed by atoms with E-state index in [1.165, 1.54) is 135 Å². The van der Waals surface area contributed by atoms with E-state index in [4.69, 9.17) is 0 Å². The van der Waals surface area contributed by atoms with Crippen molar-refractivity contribution in [1.29, 1.82) is 0 Å². The SMILES string of the molecule is CCCCCCCCCCCCCCCCCCCCCC[NH+](C)C.O=C([O-])c1ccc([N+](=O)[O-])cc1. The molecule has 0 amide bonds. The van der Waals surface area contributed by atoms with Crippen LogP contribution in [0.15, 0.2) is 24.3 Å². The molecule has 0 aliphatic heterocycles. The average molecular weight is 521 g/mol. The van der Waals surface area contributed by atoms with Crippen LogP contribution in [0.5, 0.6) is 0 Å². The molecule has 0 spiro atoms. The summed E-state index contributed by atoms with van der Waals surface area (Å²) in [4.78, 5) is 21.3. The summed E-state index contributed by atoms with van der Waals surface area (Å²) in [6, 6.07) is 4.50. The molecule has 0 atom stereocenters. The predicted molar refractivity (Wildman–Crippen MR) is 153 cm³/mol. The van der Waals surface area contributed by atoms with Crippen molar-refractivity contribution >= 4 is 11.7 Å². The highest BCUT2D eigenvalue weighted by molar-refractivity contribution is 5.85. The van der Waals surface area contributed by atoms with Gasteiger partial charge in [-0.3, -0.25) is 10.1 Å². The highest BCUT2D eigenvalue weighted by atomic mass is 16.6. The summed E-state index contributed by atoms with van der Waals surface area (Å²) in [5.74, 6) is -1.34. The molecule has 37 heavy (non-hydrogen) atoms. The Kier molecular flexibility index (Phi) is 24.3. The van der Waals surface area contributed by atoms with Gasteiger partial charge in [-0.05, 0) is 30.5 Å². The van der Waals surface area contributed by atoms with E-state index in [2.05, 4.69) is 21.0 Å². The van der Waals surface area contributed by atoms with Crippen molar-refractivity contribution in [3.8, 4) is 0 Å². The lowest BCUT2D eigenvalue weighted by Gasteiger charge is -2.06. The summed E-state index contributed by atoms with van der Waals surface area (Å²) < 4.78 is 0. The Bertz CT molecular complexity index is 629. The molecule has 1 aromatic rings. The standard InChI is InChI=1S/C24H51N.C7H5NO4/c1-4-5-6-7-8-9-10-11-12-13-14-15-16-17-18-19-20-21-22-23-24-25(2)3;9-7(10)5-1-3-6(4-2-5)8(11)12/h4-24H2,1-3H3;1-4H,(H,9,10). The van der Waals surface area contributed by atoms with E-state index in [0.717, 1.165) is 24.3 Å². The third-order valence-corrected chi connectivity index (χ3v) is 6.84. The molecule has 0 aliphatic rings. The number of nitro benzene ring substituents is 1. The monoisotopic (exact) mass is 520 g/mol. The molecular weight excluding hydrogens is 464 g/mol. The van der Waals surface area contributed by atoms with Crippen molar-refractivity contribution in [1.82, 2.24) is 0 Å². The highest BCUT2D eigenvalue weighted by Gasteiger charge is 2.03. The molecule has 0 saturated carbocycles. The van der Waals surface area contributed by atoms with Gasteiger partial charge in [-0.15, -0.1) is 0 Å². The summed E-state index contributed by atoms with van der Waals surface area (Å²) in [7, 11) is 4.52. The number of aromatic carboxylic acids is 1. The maximum Gasteiger partial charge on any atom is 0.269 e. The summed E-state index contributed by atoms with van der Waals surface area (Å²) in [6.07, 6.45) is 29.4. The molecule has 1 aromatic carbocycles. The lowest BCUT2D eigenvalue weighted by Crippen LogP contribution is -3.05. The molecule has 6 heteroatoms. The number of rotatable bonds is 23. The van der Waals surface area contributed by atoms with Crippen LogP contribution >= 0.6 is 0 Å². The molecule has 1 N–H and O–H groups in total. The first-order valence-electron chi connectivity index (χ1n) is 15.1. The number of carbonyl (C=O) groups is 1. The van der Waals surface area contributed by atoms with Crippen LogP contribution in [0.4, 0.5) is 5.69 Å². The summed E-state index contributed by atoms with van der Waals surface area (Å²) >= 11 is 0. The first-order chi connectivity index (χ1) is 17.9. The maximum absolute atomic E-state index is 10.2. The fourth-order valence-corrected chi connectivity index (χ4v) is 4.45. The number of nitrogens with zero attached hydrogens (tertiary/aromatic N) is 1. The van der Waals surface area contributed by atoms with Crippen LogP contribution in [0.2, 0.25) is 0 Å². The van der Waals surface area contributed by atoms with Crippen LogP contribution in [0.1, 0.15) is 146 Å². The molecule has 0 radical (unpaired) electrons. The zero-order valence-corrected chi connectivity index (χ0v) is 24.2. The number of non-ortho nitro benzene ring substituents is 1. The van der Waals surface area contributed by atoms with E-state index >= 15 is 0 Å². The molecule has 1 rings (SSSR count). The van der Waals surface area contributed by atoms with Crippen molar-refractivity contribution in [2.24, 2.45) is 0 Å². The van der Waals surface area contributed by atoms with E-state index in [9.17, 15) is 20.0 Å². The second kappa shape index (κ2) is 25.7. The van der Waals surface area contributed by atoms with Crippen LogP contribution in [0.25, 0.3) is 0 Å². The van der Waals surface area contributed by atoms with Gasteiger partial charge in [0.15, 0.2) is 0 Å². The van der Waals surface area contributed by atoms with Crippen molar-refractivity contribution in [3.05, 3.63) is 39.9 Å². The van der Waals surface area contributed by atoms with Gasteiger partial charge < -0.3 is 14.8 Å². The topological polar surface area (TPSA) is 87.7 Å². The number of carbonyl (C=O) groups excluding carboxylic acids is 1. The van der Waals surface area contributed by atoms with Gasteiger partial charge >= 0.3 is 0 Å². The van der Waals surface area contributed by atoms with Crippen LogP contribution in [-0.4, -0.2) is 31.5 Å². The number of hydrogen-bond acceptors (Lipinski definition) is 4. The Morgan fingerprint density at radius 3 is 1.24 bits per heavy atom. The van der Waals surface area contributed by atoms with Crippen molar-refractivity contribution in [2.75, 3.05) is 20.6 Å². The lowest BCUT2D eigenvalue weighted by atomic mass is 10.0. The van der Waals surface area contributed by atoms with Gasteiger partial charge in [0.2, 0.25) is 0 Å². The van der Waals surface area contributed by atoms with Gasteiger partial charge in [-0.1, -0.05) is 122 Å². The van der Waals surface area contributed by atoms with Gasteiger partial charge in [0, 0.05) is 12.1 Å². The molecule has 0 unspecified atom stereocenters. The molecule has 0 bridgehead atoms. The normalized spacial score (nSPS) is 10.8. The van der Waals surface area contributed by atoms with Crippen LogP contribution in [0, 0.1) is 10.1 Å². The smallest absolute Gasteiger partial charge is 0.269 e. The Morgan fingerprint density at radius 2 is 0.973 bits per heavy atom. The fraction of sp³-hybridized carbons (Fsp3) is 0.774. The number of benzene rings is 1. The van der Waals surface area contributed by atoms with Crippen molar-refractivity contribution in [3.63, 3.8) is 0 Å². The van der Waals surface area contributed by atoms with Gasteiger partial charge in [0.25, 0.3) is 5.69 Å². The molecule has 0 aromatic heterocycles. The number of unbranched alkanes of at least 4 members (excludes halogenated alkanes) is 19. The first kappa shape index (κ1) is 35.0. The number of quaternary nitrogens is 1. The van der Waals surface area contributed by atoms with Gasteiger partial charge in [0.05, 0.1) is 31.5 Å². The van der Waals surface area contributed by atoms with E-state index in [1.807, 2.05) is 0 Å². The number of nitrogens with one attached hydrogen (secondary N) is 1. The van der Waals surface area contributed by atoms with Crippen LogP contribution in [-0.2, 0) is 0 Å². The summed E-state index contributed by atoms with van der Waals surface area (Å²) in [5.41, 5.74) is -0.208. The third kappa shape index (κ3) is 24.2. The predicted octanol–water partition coefficient (Wildman–Crippen LogP) is 6.91. The molecular formula is C31H56N2O4. The van der Waals surface area contributed by atoms with Gasteiger partial charge in [-0.25, -0.2) is 0 Å². The average Bonchev–Trinajstić information content (AvgIpc) is 2.87. The van der Waals surface area contributed by atoms with Crippen LogP contribution in [0.3, 0.4) is 0 Å². The molecule has 0 heterocycles. The number of hydrogen-bond donors (Lipinski definition) is 1. The maximum atomic E-state index is 10.2. The quantitative estimate of drug-likeness (QED) is 0.0964. The van der Waals surface area contributed by atoms with Gasteiger partial charge in [-0.2, -0.15) is 0 Å². The van der Waals surface area contributed by atoms with Crippen LogP contribution < -0.4 is 10.0 Å². The van der Waals surface area contributed by atoms with E-state index in [0.29, 0.717) is 0 Å². The number of nitro groups is 1. The Balaban J connectivity index is 0.000000893. The van der Waals surface area contributed by atoms with Crippen molar-refractivity contribution in [2.45, 2.75) is 135 Å². The minimum atomic E-state index is -1.34. The first-order valence-corrected chi connectivity index (χ1v) is 15.1. The van der Waals surface area contributed by atoms with E-state index in [-0.39, 0.29) is 11.3 Å².